The monoisotopic (exact) mass is 263 g/mol. The molecule has 0 atom stereocenters. The molecule has 0 radical (unpaired) electrons. The first-order valence-corrected chi connectivity index (χ1v) is 6.66. The number of rotatable bonds is 6. The molecule has 0 saturated heterocycles. The van der Waals surface area contributed by atoms with Gasteiger partial charge in [0.15, 0.2) is 5.82 Å². The molecule has 0 unspecified atom stereocenters. The molecular weight excluding hydrogens is 249 g/mol. The number of anilines is 1. The van der Waals surface area contributed by atoms with E-state index in [0.29, 0.717) is 6.61 Å². The standard InChI is InChI=1S/C10H14FNO4S/c1-2-16-5-6-17(14,15)12-10-4-3-8(13)7-9(10)11/h3-4,7,12-13H,2,5-6H2,1H3. The van der Waals surface area contributed by atoms with Gasteiger partial charge >= 0.3 is 0 Å². The zero-order chi connectivity index (χ0) is 12.9. The summed E-state index contributed by atoms with van der Waals surface area (Å²) in [4.78, 5) is 0. The lowest BCUT2D eigenvalue weighted by Gasteiger charge is -2.08. The van der Waals surface area contributed by atoms with Gasteiger partial charge in [-0.1, -0.05) is 0 Å². The van der Waals surface area contributed by atoms with E-state index in [1.54, 1.807) is 6.92 Å². The van der Waals surface area contributed by atoms with Crippen molar-refractivity contribution < 1.29 is 22.7 Å². The highest BCUT2D eigenvalue weighted by molar-refractivity contribution is 7.92. The second-order valence-electron chi connectivity index (χ2n) is 3.28. The quantitative estimate of drug-likeness (QED) is 0.599. The van der Waals surface area contributed by atoms with Crippen LogP contribution in [0.1, 0.15) is 6.92 Å². The second-order valence-corrected chi connectivity index (χ2v) is 5.12. The third kappa shape index (κ3) is 4.58. The molecule has 17 heavy (non-hydrogen) atoms. The van der Waals surface area contributed by atoms with Gasteiger partial charge < -0.3 is 9.84 Å². The molecule has 0 amide bonds. The van der Waals surface area contributed by atoms with Crippen LogP contribution in [0.25, 0.3) is 0 Å². The second kappa shape index (κ2) is 5.83. The fraction of sp³-hybridized carbons (Fsp3) is 0.400. The lowest BCUT2D eigenvalue weighted by atomic mass is 10.3. The smallest absolute Gasteiger partial charge is 0.235 e. The lowest BCUT2D eigenvalue weighted by Crippen LogP contribution is -2.20. The van der Waals surface area contributed by atoms with Crippen LogP contribution in [0.2, 0.25) is 0 Å². The Morgan fingerprint density at radius 2 is 2.18 bits per heavy atom. The van der Waals surface area contributed by atoms with E-state index >= 15 is 0 Å². The minimum Gasteiger partial charge on any atom is -0.508 e. The lowest BCUT2D eigenvalue weighted by molar-refractivity contribution is 0.163. The molecule has 0 saturated carbocycles. The minimum atomic E-state index is -3.64. The summed E-state index contributed by atoms with van der Waals surface area (Å²) in [5.41, 5.74) is -0.195. The Hall–Kier alpha value is -1.34. The summed E-state index contributed by atoms with van der Waals surface area (Å²) in [7, 11) is -3.64. The van der Waals surface area contributed by atoms with Gasteiger partial charge in [0.05, 0.1) is 18.0 Å². The topological polar surface area (TPSA) is 75.6 Å². The molecule has 5 nitrogen and oxygen atoms in total. The SMILES string of the molecule is CCOCCS(=O)(=O)Nc1ccc(O)cc1F. The molecule has 96 valence electrons. The van der Waals surface area contributed by atoms with E-state index < -0.39 is 15.8 Å². The molecule has 0 aromatic heterocycles. The van der Waals surface area contributed by atoms with Crippen LogP contribution in [0.4, 0.5) is 10.1 Å². The van der Waals surface area contributed by atoms with E-state index in [1.807, 2.05) is 0 Å². The summed E-state index contributed by atoms with van der Waals surface area (Å²) < 4.78 is 43.2. The highest BCUT2D eigenvalue weighted by Gasteiger charge is 2.13. The maximum atomic E-state index is 13.3. The molecule has 1 rings (SSSR count). The molecule has 0 bridgehead atoms. The first kappa shape index (κ1) is 13.7. The van der Waals surface area contributed by atoms with E-state index in [0.717, 1.165) is 12.1 Å². The van der Waals surface area contributed by atoms with Gasteiger partial charge in [-0.2, -0.15) is 0 Å². The van der Waals surface area contributed by atoms with Crippen LogP contribution in [0.5, 0.6) is 5.75 Å². The van der Waals surface area contributed by atoms with Crippen molar-refractivity contribution >= 4 is 15.7 Å². The highest BCUT2D eigenvalue weighted by atomic mass is 32.2. The van der Waals surface area contributed by atoms with Gasteiger partial charge in [-0.3, -0.25) is 4.72 Å². The van der Waals surface area contributed by atoms with Crippen LogP contribution >= 0.6 is 0 Å². The van der Waals surface area contributed by atoms with Crippen molar-refractivity contribution in [3.63, 3.8) is 0 Å². The predicted octanol–water partition coefficient (Wildman–Crippen LogP) is 1.31. The maximum absolute atomic E-state index is 13.3. The first-order valence-electron chi connectivity index (χ1n) is 5.01. The molecule has 0 heterocycles. The molecule has 1 aromatic rings. The Bertz CT molecular complexity index is 475. The average molecular weight is 263 g/mol. The largest absolute Gasteiger partial charge is 0.508 e. The van der Waals surface area contributed by atoms with Crippen LogP contribution in [0.3, 0.4) is 0 Å². The third-order valence-electron chi connectivity index (χ3n) is 1.92. The Morgan fingerprint density at radius 1 is 1.47 bits per heavy atom. The van der Waals surface area contributed by atoms with E-state index in [4.69, 9.17) is 9.84 Å². The number of phenolic OH excluding ortho intramolecular Hbond substituents is 1. The van der Waals surface area contributed by atoms with Gasteiger partial charge in [0.25, 0.3) is 0 Å². The third-order valence-corrected chi connectivity index (χ3v) is 3.15. The van der Waals surface area contributed by atoms with Crippen molar-refractivity contribution in [3.05, 3.63) is 24.0 Å². The molecule has 7 heteroatoms. The Morgan fingerprint density at radius 3 is 2.76 bits per heavy atom. The molecule has 0 fully saturated rings. The molecule has 2 N–H and O–H groups in total. The van der Waals surface area contributed by atoms with Crippen molar-refractivity contribution in [2.24, 2.45) is 0 Å². The number of aromatic hydroxyl groups is 1. The maximum Gasteiger partial charge on any atom is 0.235 e. The summed E-state index contributed by atoms with van der Waals surface area (Å²) in [6.45, 7) is 2.22. The highest BCUT2D eigenvalue weighted by Crippen LogP contribution is 2.20. The van der Waals surface area contributed by atoms with Crippen LogP contribution in [-0.2, 0) is 14.8 Å². The van der Waals surface area contributed by atoms with E-state index in [9.17, 15) is 12.8 Å². The molecule has 0 aliphatic rings. The number of phenols is 1. The van der Waals surface area contributed by atoms with Crippen molar-refractivity contribution in [2.45, 2.75) is 6.92 Å². The molecule has 1 aromatic carbocycles. The summed E-state index contributed by atoms with van der Waals surface area (Å²) >= 11 is 0. The van der Waals surface area contributed by atoms with Crippen molar-refractivity contribution in [3.8, 4) is 5.75 Å². The number of halogens is 1. The summed E-state index contributed by atoms with van der Waals surface area (Å²) in [6, 6.07) is 3.19. The number of hydrogen-bond acceptors (Lipinski definition) is 4. The van der Waals surface area contributed by atoms with E-state index in [2.05, 4.69) is 4.72 Å². The normalized spacial score (nSPS) is 11.4. The summed E-state index contributed by atoms with van der Waals surface area (Å²) in [5.74, 6) is -1.34. The number of sulfonamides is 1. The van der Waals surface area contributed by atoms with Crippen molar-refractivity contribution in [1.82, 2.24) is 0 Å². The van der Waals surface area contributed by atoms with Crippen molar-refractivity contribution in [2.75, 3.05) is 23.7 Å². The zero-order valence-corrected chi connectivity index (χ0v) is 10.1. The number of hydrogen-bond donors (Lipinski definition) is 2. The average Bonchev–Trinajstić information content (AvgIpc) is 2.22. The van der Waals surface area contributed by atoms with Crippen LogP contribution in [-0.4, -0.2) is 32.5 Å². The first-order chi connectivity index (χ1) is 7.94. The minimum absolute atomic E-state index is 0.0472. The van der Waals surface area contributed by atoms with Gasteiger partial charge in [0.1, 0.15) is 5.75 Å². The van der Waals surface area contributed by atoms with Gasteiger partial charge in [-0.05, 0) is 19.1 Å². The fourth-order valence-corrected chi connectivity index (χ4v) is 2.06. The van der Waals surface area contributed by atoms with Crippen molar-refractivity contribution in [1.29, 1.82) is 0 Å². The fourth-order valence-electron chi connectivity index (χ4n) is 1.12. The van der Waals surface area contributed by atoms with Gasteiger partial charge in [0, 0.05) is 12.7 Å². The number of nitrogens with one attached hydrogen (secondary N) is 1. The number of ether oxygens (including phenoxy) is 1. The molecular formula is C10H14FNO4S. The molecule has 0 aliphatic heterocycles. The summed E-state index contributed by atoms with van der Waals surface area (Å²) in [6.07, 6.45) is 0. The van der Waals surface area contributed by atoms with Gasteiger partial charge in [-0.15, -0.1) is 0 Å². The zero-order valence-electron chi connectivity index (χ0n) is 9.31. The molecule has 0 spiro atoms. The van der Waals surface area contributed by atoms with Gasteiger partial charge in [0.2, 0.25) is 10.0 Å². The van der Waals surface area contributed by atoms with E-state index in [1.165, 1.54) is 6.07 Å². The van der Waals surface area contributed by atoms with Crippen LogP contribution in [0.15, 0.2) is 18.2 Å². The predicted molar refractivity (Wildman–Crippen MR) is 62.0 cm³/mol. The Labute approximate surface area is 99.3 Å². The Kier molecular flexibility index (Phi) is 4.71. The van der Waals surface area contributed by atoms with Crippen LogP contribution in [0, 0.1) is 5.82 Å². The summed E-state index contributed by atoms with van der Waals surface area (Å²) in [5, 5.41) is 8.97. The Balaban J connectivity index is 2.69. The van der Waals surface area contributed by atoms with Gasteiger partial charge in [-0.25, -0.2) is 12.8 Å². The van der Waals surface area contributed by atoms with E-state index in [-0.39, 0.29) is 23.8 Å². The molecule has 0 aliphatic carbocycles. The number of benzene rings is 1. The van der Waals surface area contributed by atoms with Crippen LogP contribution < -0.4 is 4.72 Å².